The van der Waals surface area contributed by atoms with E-state index in [9.17, 15) is 0 Å². The third-order valence-electron chi connectivity index (χ3n) is 5.00. The van der Waals surface area contributed by atoms with Crippen molar-refractivity contribution in [1.82, 2.24) is 5.32 Å². The van der Waals surface area contributed by atoms with E-state index in [0.29, 0.717) is 29.9 Å². The maximum Gasteiger partial charge on any atom is 0.188 e. The second-order valence-electron chi connectivity index (χ2n) is 6.88. The molecule has 0 saturated carbocycles. The van der Waals surface area contributed by atoms with Gasteiger partial charge in [-0.05, 0) is 36.1 Å². The number of hydrogen-bond acceptors (Lipinski definition) is 4. The Morgan fingerprint density at radius 2 is 1.93 bits per heavy atom. The van der Waals surface area contributed by atoms with Crippen LogP contribution in [0, 0.1) is 5.92 Å². The highest BCUT2D eigenvalue weighted by Crippen LogP contribution is 2.33. The predicted octanol–water partition coefficient (Wildman–Crippen LogP) is 3.28. The minimum atomic E-state index is 0.0982. The first-order chi connectivity index (χ1) is 13.7. The third kappa shape index (κ3) is 5.16. The fraction of sp³-hybridized carbons (Fsp3) is 0.409. The average molecular weight is 383 g/mol. The summed E-state index contributed by atoms with van der Waals surface area (Å²) in [5.74, 6) is 2.19. The molecule has 0 amide bonds. The number of methoxy groups -OCH3 is 2. The van der Waals surface area contributed by atoms with Crippen LogP contribution in [-0.2, 0) is 11.3 Å². The van der Waals surface area contributed by atoms with Crippen molar-refractivity contribution in [3.63, 3.8) is 0 Å². The van der Waals surface area contributed by atoms with Crippen LogP contribution in [0.1, 0.15) is 30.1 Å². The summed E-state index contributed by atoms with van der Waals surface area (Å²) >= 11 is 0. The molecule has 3 rings (SSSR count). The zero-order chi connectivity index (χ0) is 19.8. The Morgan fingerprint density at radius 1 is 1.14 bits per heavy atom. The normalized spacial score (nSPS) is 19.9. The molecule has 2 aromatic rings. The number of rotatable bonds is 7. The number of aliphatic imine (C=N–C) groups is 1. The van der Waals surface area contributed by atoms with E-state index in [1.54, 1.807) is 14.2 Å². The number of guanidine groups is 1. The van der Waals surface area contributed by atoms with E-state index < -0.39 is 0 Å². The first kappa shape index (κ1) is 20.0. The van der Waals surface area contributed by atoms with Gasteiger partial charge in [0.25, 0.3) is 0 Å². The molecule has 1 heterocycles. The van der Waals surface area contributed by atoms with Gasteiger partial charge in [-0.2, -0.15) is 0 Å². The van der Waals surface area contributed by atoms with Crippen LogP contribution >= 0.6 is 0 Å². The van der Waals surface area contributed by atoms with Gasteiger partial charge in [0.2, 0.25) is 0 Å². The van der Waals surface area contributed by atoms with Crippen LogP contribution in [0.3, 0.4) is 0 Å². The summed E-state index contributed by atoms with van der Waals surface area (Å²) < 4.78 is 16.6. The fourth-order valence-corrected chi connectivity index (χ4v) is 3.51. The number of ether oxygens (including phenoxy) is 3. The van der Waals surface area contributed by atoms with Crippen LogP contribution in [0.15, 0.2) is 53.5 Å². The van der Waals surface area contributed by atoms with E-state index in [-0.39, 0.29) is 6.10 Å². The summed E-state index contributed by atoms with van der Waals surface area (Å²) in [7, 11) is 3.24. The quantitative estimate of drug-likeness (QED) is 0.567. The van der Waals surface area contributed by atoms with Crippen molar-refractivity contribution in [2.75, 3.05) is 27.4 Å². The van der Waals surface area contributed by atoms with Crippen molar-refractivity contribution < 1.29 is 14.2 Å². The van der Waals surface area contributed by atoms with Gasteiger partial charge in [0.05, 0.1) is 26.9 Å². The Bertz CT molecular complexity index is 780. The molecule has 28 heavy (non-hydrogen) atoms. The van der Waals surface area contributed by atoms with Gasteiger partial charge in [-0.25, -0.2) is 4.99 Å². The van der Waals surface area contributed by atoms with Gasteiger partial charge in [0, 0.05) is 19.1 Å². The van der Waals surface area contributed by atoms with Gasteiger partial charge in [0.1, 0.15) is 0 Å². The Kier molecular flexibility index (Phi) is 7.14. The van der Waals surface area contributed by atoms with Crippen molar-refractivity contribution in [1.29, 1.82) is 0 Å². The van der Waals surface area contributed by atoms with Crippen molar-refractivity contribution in [2.24, 2.45) is 16.6 Å². The molecule has 1 saturated heterocycles. The van der Waals surface area contributed by atoms with Crippen LogP contribution in [-0.4, -0.2) is 33.3 Å². The Morgan fingerprint density at radius 3 is 2.68 bits per heavy atom. The van der Waals surface area contributed by atoms with E-state index in [2.05, 4.69) is 34.6 Å². The summed E-state index contributed by atoms with van der Waals surface area (Å²) in [5.41, 5.74) is 8.31. The van der Waals surface area contributed by atoms with E-state index >= 15 is 0 Å². The van der Waals surface area contributed by atoms with Crippen LogP contribution in [0.5, 0.6) is 11.5 Å². The SMILES string of the molecule is COc1ccc(CN=C(N)NCC2CCCOC2c2ccccc2)cc1OC. The Labute approximate surface area is 166 Å². The molecule has 3 N–H and O–H groups in total. The Balaban J connectivity index is 1.57. The zero-order valence-corrected chi connectivity index (χ0v) is 16.6. The van der Waals surface area contributed by atoms with Gasteiger partial charge < -0.3 is 25.3 Å². The highest BCUT2D eigenvalue weighted by atomic mass is 16.5. The van der Waals surface area contributed by atoms with Crippen LogP contribution in [0.25, 0.3) is 0 Å². The fourth-order valence-electron chi connectivity index (χ4n) is 3.51. The second-order valence-corrected chi connectivity index (χ2v) is 6.88. The molecule has 6 heteroatoms. The van der Waals surface area contributed by atoms with Crippen molar-refractivity contribution >= 4 is 5.96 Å². The molecule has 0 aromatic heterocycles. The predicted molar refractivity (Wildman–Crippen MR) is 111 cm³/mol. The summed E-state index contributed by atoms with van der Waals surface area (Å²) in [6.45, 7) is 2.02. The zero-order valence-electron chi connectivity index (χ0n) is 16.6. The van der Waals surface area contributed by atoms with Gasteiger partial charge in [-0.1, -0.05) is 36.4 Å². The van der Waals surface area contributed by atoms with Gasteiger partial charge in [-0.3, -0.25) is 0 Å². The first-order valence-electron chi connectivity index (χ1n) is 9.62. The molecular formula is C22H29N3O3. The van der Waals surface area contributed by atoms with Crippen molar-refractivity contribution in [3.8, 4) is 11.5 Å². The van der Waals surface area contributed by atoms with Crippen molar-refractivity contribution in [3.05, 3.63) is 59.7 Å². The molecule has 2 atom stereocenters. The minimum Gasteiger partial charge on any atom is -0.493 e. The molecule has 1 aliphatic rings. The highest BCUT2D eigenvalue weighted by Gasteiger charge is 2.27. The molecule has 0 radical (unpaired) electrons. The molecule has 0 spiro atoms. The number of benzene rings is 2. The van der Waals surface area contributed by atoms with Crippen LogP contribution in [0.2, 0.25) is 0 Å². The summed E-state index contributed by atoms with van der Waals surface area (Å²) in [4.78, 5) is 4.45. The summed E-state index contributed by atoms with van der Waals surface area (Å²) in [5, 5.41) is 3.27. The molecule has 6 nitrogen and oxygen atoms in total. The number of nitrogens with two attached hydrogens (primary N) is 1. The largest absolute Gasteiger partial charge is 0.493 e. The number of hydrogen-bond donors (Lipinski definition) is 2. The van der Waals surface area contributed by atoms with E-state index in [1.807, 2.05) is 24.3 Å². The standard InChI is InChI=1S/C22H29N3O3/c1-26-19-11-10-16(13-20(19)27-2)14-24-22(23)25-15-18-9-6-12-28-21(18)17-7-4-3-5-8-17/h3-5,7-8,10-11,13,18,21H,6,9,12,14-15H2,1-2H3,(H3,23,24,25). The third-order valence-corrected chi connectivity index (χ3v) is 5.00. The van der Waals surface area contributed by atoms with Gasteiger partial charge in [-0.15, -0.1) is 0 Å². The number of nitrogens with one attached hydrogen (secondary N) is 1. The molecule has 1 fully saturated rings. The summed E-state index contributed by atoms with van der Waals surface area (Å²) in [6.07, 6.45) is 2.27. The Hall–Kier alpha value is -2.73. The molecule has 2 aromatic carbocycles. The average Bonchev–Trinajstić information content (AvgIpc) is 2.76. The van der Waals surface area contributed by atoms with Crippen LogP contribution < -0.4 is 20.5 Å². The number of nitrogens with zero attached hydrogens (tertiary/aromatic N) is 1. The topological polar surface area (TPSA) is 78.1 Å². The molecule has 0 aliphatic carbocycles. The first-order valence-corrected chi connectivity index (χ1v) is 9.62. The monoisotopic (exact) mass is 383 g/mol. The van der Waals surface area contributed by atoms with E-state index in [4.69, 9.17) is 19.9 Å². The molecule has 150 valence electrons. The van der Waals surface area contributed by atoms with Crippen LogP contribution in [0.4, 0.5) is 0 Å². The highest BCUT2D eigenvalue weighted by molar-refractivity contribution is 5.77. The van der Waals surface area contributed by atoms with Gasteiger partial charge >= 0.3 is 0 Å². The smallest absolute Gasteiger partial charge is 0.188 e. The second kappa shape index (κ2) is 9.99. The maximum atomic E-state index is 6.09. The lowest BCUT2D eigenvalue weighted by molar-refractivity contribution is -0.0265. The minimum absolute atomic E-state index is 0.0982. The van der Waals surface area contributed by atoms with Crippen molar-refractivity contribution in [2.45, 2.75) is 25.5 Å². The van der Waals surface area contributed by atoms with E-state index in [1.165, 1.54) is 5.56 Å². The summed E-state index contributed by atoms with van der Waals surface area (Å²) in [6, 6.07) is 16.1. The van der Waals surface area contributed by atoms with Gasteiger partial charge in [0.15, 0.2) is 17.5 Å². The molecule has 2 unspecified atom stereocenters. The molecule has 1 aliphatic heterocycles. The molecule has 0 bridgehead atoms. The maximum absolute atomic E-state index is 6.09. The molecular weight excluding hydrogens is 354 g/mol. The lowest BCUT2D eigenvalue weighted by Crippen LogP contribution is -2.39. The lowest BCUT2D eigenvalue weighted by atomic mass is 9.89. The lowest BCUT2D eigenvalue weighted by Gasteiger charge is -2.32. The van der Waals surface area contributed by atoms with E-state index in [0.717, 1.165) is 31.6 Å².